The van der Waals surface area contributed by atoms with E-state index in [2.05, 4.69) is 10.3 Å². The fraction of sp³-hybridized carbons (Fsp3) is 0.0909. The number of aromatic nitrogens is 1. The van der Waals surface area contributed by atoms with Gasteiger partial charge in [-0.25, -0.2) is 0 Å². The van der Waals surface area contributed by atoms with Crippen molar-refractivity contribution in [1.29, 1.82) is 0 Å². The molecule has 5 nitrogen and oxygen atoms in total. The second-order valence-corrected chi connectivity index (χ2v) is 3.24. The quantitative estimate of drug-likeness (QED) is 0.810. The van der Waals surface area contributed by atoms with Gasteiger partial charge in [-0.05, 0) is 5.56 Å². The molecule has 0 aliphatic rings. The van der Waals surface area contributed by atoms with Gasteiger partial charge in [0.15, 0.2) is 5.69 Å². The molecule has 1 aromatic heterocycles. The zero-order valence-corrected chi connectivity index (χ0v) is 8.51. The minimum atomic E-state index is -0.600. The third-order valence-corrected chi connectivity index (χ3v) is 2.04. The summed E-state index contributed by atoms with van der Waals surface area (Å²) in [6.45, 7) is 0.583. The molecule has 3 N–H and O–H groups in total. The van der Waals surface area contributed by atoms with Gasteiger partial charge in [0.2, 0.25) is 0 Å². The van der Waals surface area contributed by atoms with Gasteiger partial charge in [-0.2, -0.15) is 4.98 Å². The molecular weight excluding hydrogens is 206 g/mol. The third-order valence-electron chi connectivity index (χ3n) is 2.04. The first kappa shape index (κ1) is 10.2. The number of amides is 1. The summed E-state index contributed by atoms with van der Waals surface area (Å²) in [5, 5.41) is 2.95. The first-order valence-electron chi connectivity index (χ1n) is 4.79. The van der Waals surface area contributed by atoms with Crippen molar-refractivity contribution in [1.82, 2.24) is 4.98 Å². The van der Waals surface area contributed by atoms with E-state index in [4.69, 9.17) is 10.2 Å². The van der Waals surface area contributed by atoms with E-state index < -0.39 is 5.91 Å². The zero-order valence-electron chi connectivity index (χ0n) is 8.51. The Kier molecular flexibility index (Phi) is 2.86. The van der Waals surface area contributed by atoms with E-state index in [1.807, 2.05) is 30.3 Å². The van der Waals surface area contributed by atoms with Crippen LogP contribution in [0.1, 0.15) is 16.1 Å². The van der Waals surface area contributed by atoms with E-state index >= 15 is 0 Å². The molecule has 0 saturated heterocycles. The molecule has 1 amide bonds. The molecule has 16 heavy (non-hydrogen) atoms. The van der Waals surface area contributed by atoms with Gasteiger partial charge in [-0.1, -0.05) is 30.3 Å². The average Bonchev–Trinajstić information content (AvgIpc) is 2.76. The Labute approximate surface area is 92.3 Å². The fourth-order valence-corrected chi connectivity index (χ4v) is 1.24. The monoisotopic (exact) mass is 217 g/mol. The first-order chi connectivity index (χ1) is 7.75. The van der Waals surface area contributed by atoms with Crippen LogP contribution in [0.5, 0.6) is 0 Å². The maximum atomic E-state index is 10.8. The summed E-state index contributed by atoms with van der Waals surface area (Å²) in [5.74, 6) is -0.600. The highest BCUT2D eigenvalue weighted by atomic mass is 16.4. The fourth-order valence-electron chi connectivity index (χ4n) is 1.24. The van der Waals surface area contributed by atoms with Crippen molar-refractivity contribution in [2.45, 2.75) is 6.54 Å². The van der Waals surface area contributed by atoms with Crippen molar-refractivity contribution in [3.8, 4) is 0 Å². The van der Waals surface area contributed by atoms with Crippen molar-refractivity contribution >= 4 is 11.9 Å². The second-order valence-electron chi connectivity index (χ2n) is 3.24. The molecule has 2 aromatic rings. The van der Waals surface area contributed by atoms with Crippen LogP contribution < -0.4 is 11.1 Å². The molecule has 0 radical (unpaired) electrons. The smallest absolute Gasteiger partial charge is 0.295 e. The average molecular weight is 217 g/mol. The Bertz CT molecular complexity index is 479. The van der Waals surface area contributed by atoms with Gasteiger partial charge in [-0.3, -0.25) is 4.79 Å². The van der Waals surface area contributed by atoms with Crippen LogP contribution in [0.15, 0.2) is 41.0 Å². The molecule has 2 rings (SSSR count). The van der Waals surface area contributed by atoms with Crippen LogP contribution in [-0.2, 0) is 6.54 Å². The molecule has 0 fully saturated rings. The van der Waals surface area contributed by atoms with E-state index in [1.54, 1.807) is 0 Å². The molecule has 0 aliphatic heterocycles. The number of oxazole rings is 1. The lowest BCUT2D eigenvalue weighted by atomic mass is 10.2. The topological polar surface area (TPSA) is 81.2 Å². The highest BCUT2D eigenvalue weighted by Gasteiger charge is 2.07. The number of rotatable bonds is 4. The molecule has 0 atom stereocenters. The van der Waals surface area contributed by atoms with E-state index in [1.165, 1.54) is 6.26 Å². The minimum Gasteiger partial charge on any atom is -0.431 e. The molecule has 82 valence electrons. The summed E-state index contributed by atoms with van der Waals surface area (Å²) in [4.78, 5) is 14.6. The van der Waals surface area contributed by atoms with Crippen molar-refractivity contribution in [3.05, 3.63) is 47.9 Å². The Morgan fingerprint density at radius 1 is 1.38 bits per heavy atom. The van der Waals surface area contributed by atoms with Crippen LogP contribution in [0.4, 0.5) is 6.01 Å². The van der Waals surface area contributed by atoms with Crippen LogP contribution in [0.25, 0.3) is 0 Å². The van der Waals surface area contributed by atoms with Gasteiger partial charge in [0.05, 0.1) is 0 Å². The minimum absolute atomic E-state index is 0.121. The Balaban J connectivity index is 1.97. The second kappa shape index (κ2) is 4.48. The highest BCUT2D eigenvalue weighted by Crippen LogP contribution is 2.08. The number of hydrogen-bond acceptors (Lipinski definition) is 4. The molecule has 0 saturated carbocycles. The maximum absolute atomic E-state index is 10.8. The number of nitrogens with zero attached hydrogens (tertiary/aromatic N) is 1. The number of anilines is 1. The van der Waals surface area contributed by atoms with Crippen LogP contribution >= 0.6 is 0 Å². The number of nitrogens with one attached hydrogen (secondary N) is 1. The molecule has 0 aliphatic carbocycles. The highest BCUT2D eigenvalue weighted by molar-refractivity contribution is 5.90. The number of hydrogen-bond donors (Lipinski definition) is 2. The molecular formula is C11H11N3O2. The predicted molar refractivity (Wildman–Crippen MR) is 58.8 cm³/mol. The summed E-state index contributed by atoms with van der Waals surface area (Å²) in [6, 6.07) is 10.1. The summed E-state index contributed by atoms with van der Waals surface area (Å²) < 4.78 is 5.02. The number of benzene rings is 1. The molecule has 5 heteroatoms. The van der Waals surface area contributed by atoms with Gasteiger partial charge < -0.3 is 15.5 Å². The lowest BCUT2D eigenvalue weighted by Crippen LogP contribution is -2.11. The van der Waals surface area contributed by atoms with E-state index in [0.717, 1.165) is 5.56 Å². The van der Waals surface area contributed by atoms with Crippen LogP contribution in [0, 0.1) is 0 Å². The zero-order chi connectivity index (χ0) is 11.4. The van der Waals surface area contributed by atoms with Crippen molar-refractivity contribution in [3.63, 3.8) is 0 Å². The van der Waals surface area contributed by atoms with E-state index in [0.29, 0.717) is 6.54 Å². The van der Waals surface area contributed by atoms with Crippen LogP contribution in [-0.4, -0.2) is 10.9 Å². The van der Waals surface area contributed by atoms with Crippen LogP contribution in [0.3, 0.4) is 0 Å². The SMILES string of the molecule is NC(=O)c1coc(NCc2ccccc2)n1. The van der Waals surface area contributed by atoms with Crippen molar-refractivity contribution < 1.29 is 9.21 Å². The number of carbonyl (C=O) groups is 1. The Hall–Kier alpha value is -2.30. The normalized spacial score (nSPS) is 10.0. The van der Waals surface area contributed by atoms with Gasteiger partial charge in [-0.15, -0.1) is 0 Å². The summed E-state index contributed by atoms with van der Waals surface area (Å²) in [5.41, 5.74) is 6.26. The molecule has 0 unspecified atom stereocenters. The van der Waals surface area contributed by atoms with Crippen molar-refractivity contribution in [2.24, 2.45) is 5.73 Å². The summed E-state index contributed by atoms with van der Waals surface area (Å²) >= 11 is 0. The Morgan fingerprint density at radius 3 is 2.75 bits per heavy atom. The Morgan fingerprint density at radius 2 is 2.12 bits per heavy atom. The largest absolute Gasteiger partial charge is 0.431 e. The third kappa shape index (κ3) is 2.38. The summed E-state index contributed by atoms with van der Waals surface area (Å²) in [6.07, 6.45) is 1.23. The van der Waals surface area contributed by atoms with E-state index in [9.17, 15) is 4.79 Å². The first-order valence-corrected chi connectivity index (χ1v) is 4.79. The lowest BCUT2D eigenvalue weighted by molar-refractivity contribution is 0.0995. The van der Waals surface area contributed by atoms with E-state index in [-0.39, 0.29) is 11.7 Å². The standard InChI is InChI=1S/C11H11N3O2/c12-10(15)9-7-16-11(14-9)13-6-8-4-2-1-3-5-8/h1-5,7H,6H2,(H2,12,15)(H,13,14). The number of nitrogens with two attached hydrogens (primary N) is 1. The predicted octanol–water partition coefficient (Wildman–Crippen LogP) is 1.39. The van der Waals surface area contributed by atoms with Crippen LogP contribution in [0.2, 0.25) is 0 Å². The molecule has 0 bridgehead atoms. The number of primary amides is 1. The molecule has 1 aromatic carbocycles. The van der Waals surface area contributed by atoms with Gasteiger partial charge >= 0.3 is 0 Å². The molecule has 1 heterocycles. The van der Waals surface area contributed by atoms with Crippen molar-refractivity contribution in [2.75, 3.05) is 5.32 Å². The molecule has 0 spiro atoms. The van der Waals surface area contributed by atoms with Gasteiger partial charge in [0, 0.05) is 6.54 Å². The summed E-state index contributed by atoms with van der Waals surface area (Å²) in [7, 11) is 0. The lowest BCUT2D eigenvalue weighted by Gasteiger charge is -2.00. The number of carbonyl (C=O) groups excluding carboxylic acids is 1. The maximum Gasteiger partial charge on any atom is 0.295 e. The van der Waals surface area contributed by atoms with Gasteiger partial charge in [0.25, 0.3) is 11.9 Å². The van der Waals surface area contributed by atoms with Gasteiger partial charge in [0.1, 0.15) is 6.26 Å².